The average Bonchev–Trinajstić information content (AvgIpc) is 2.73. The van der Waals surface area contributed by atoms with E-state index < -0.39 is 12.0 Å². The fourth-order valence-corrected chi connectivity index (χ4v) is 3.11. The predicted molar refractivity (Wildman–Crippen MR) is 124 cm³/mol. The maximum Gasteiger partial charge on any atom is 0.326 e. The Morgan fingerprint density at radius 1 is 1.24 bits per heavy atom. The van der Waals surface area contributed by atoms with Crippen LogP contribution in [0.2, 0.25) is 0 Å². The summed E-state index contributed by atoms with van der Waals surface area (Å²) < 4.78 is 0. The molecule has 29 heavy (non-hydrogen) atoms. The van der Waals surface area contributed by atoms with Crippen molar-refractivity contribution in [1.29, 1.82) is 0 Å². The minimum atomic E-state index is -0.823. The molecule has 0 spiro atoms. The van der Waals surface area contributed by atoms with Gasteiger partial charge in [0.15, 0.2) is 0 Å². The molecule has 1 rings (SSSR count). The molecule has 6 heteroatoms. The number of hydrogen-bond donors (Lipinski definition) is 3. The molecule has 0 aliphatic heterocycles. The number of carboxylic acids is 1. The molecule has 1 aromatic heterocycles. The van der Waals surface area contributed by atoms with Gasteiger partial charge in [-0.05, 0) is 63.7 Å². The number of rotatable bonds is 14. The summed E-state index contributed by atoms with van der Waals surface area (Å²) in [5, 5.41) is 15.4. The fourth-order valence-electron chi connectivity index (χ4n) is 3.11. The van der Waals surface area contributed by atoms with E-state index in [1.807, 2.05) is 20.9 Å². The van der Waals surface area contributed by atoms with E-state index in [-0.39, 0.29) is 0 Å². The van der Waals surface area contributed by atoms with Gasteiger partial charge in [-0.2, -0.15) is 0 Å². The standard InChI is InChI=1S/C21H36N4O2.C2H6/c1-6-17-11-12-18(24-20(17)22-5)10-8-9-14-25(7-2)15-13-19(21(26)27)23-16(3)4;1-2/h11-12,19,23H,3,6-10,13-15H2,1-2,4-5H3,(H,22,24)(H,26,27);1-2H3. The molecule has 0 aliphatic carbocycles. The topological polar surface area (TPSA) is 77.5 Å². The van der Waals surface area contributed by atoms with Crippen molar-refractivity contribution in [2.75, 3.05) is 32.0 Å². The van der Waals surface area contributed by atoms with Crippen molar-refractivity contribution in [3.63, 3.8) is 0 Å². The molecule has 0 radical (unpaired) electrons. The number of unbranched alkanes of at least 4 members (excludes halogenated alkanes) is 1. The van der Waals surface area contributed by atoms with Crippen LogP contribution in [0.25, 0.3) is 0 Å². The Balaban J connectivity index is 0.00000379. The molecule has 0 aliphatic rings. The predicted octanol–water partition coefficient (Wildman–Crippen LogP) is 4.32. The van der Waals surface area contributed by atoms with Crippen LogP contribution in [0.3, 0.4) is 0 Å². The van der Waals surface area contributed by atoms with Crippen molar-refractivity contribution < 1.29 is 9.90 Å². The van der Waals surface area contributed by atoms with Gasteiger partial charge in [-0.15, -0.1) is 0 Å². The quantitative estimate of drug-likeness (QED) is 0.399. The lowest BCUT2D eigenvalue weighted by molar-refractivity contribution is -0.139. The number of aliphatic carboxylic acids is 1. The van der Waals surface area contributed by atoms with Gasteiger partial charge in [0.1, 0.15) is 11.9 Å². The number of nitrogens with zero attached hydrogens (tertiary/aromatic N) is 2. The second kappa shape index (κ2) is 15.8. The van der Waals surface area contributed by atoms with Crippen molar-refractivity contribution >= 4 is 11.8 Å². The highest BCUT2D eigenvalue weighted by Crippen LogP contribution is 2.15. The molecule has 3 N–H and O–H groups in total. The number of carbonyl (C=O) groups is 1. The summed E-state index contributed by atoms with van der Waals surface area (Å²) in [4.78, 5) is 18.3. The molecule has 0 fully saturated rings. The van der Waals surface area contributed by atoms with Crippen LogP contribution in [0.5, 0.6) is 0 Å². The van der Waals surface area contributed by atoms with Crippen molar-refractivity contribution in [2.45, 2.75) is 72.8 Å². The highest BCUT2D eigenvalue weighted by Gasteiger charge is 2.17. The molecule has 1 atom stereocenters. The number of anilines is 1. The fraction of sp³-hybridized carbons (Fsp3) is 0.652. The molecule has 6 nitrogen and oxygen atoms in total. The zero-order chi connectivity index (χ0) is 22.2. The third-order valence-electron chi connectivity index (χ3n) is 4.71. The zero-order valence-electron chi connectivity index (χ0n) is 19.3. The highest BCUT2D eigenvalue weighted by atomic mass is 16.4. The van der Waals surface area contributed by atoms with Crippen LogP contribution >= 0.6 is 0 Å². The van der Waals surface area contributed by atoms with E-state index in [0.29, 0.717) is 12.1 Å². The molecule has 1 aromatic rings. The lowest BCUT2D eigenvalue weighted by Gasteiger charge is -2.23. The second-order valence-corrected chi connectivity index (χ2v) is 6.91. The Morgan fingerprint density at radius 3 is 2.45 bits per heavy atom. The lowest BCUT2D eigenvalue weighted by Crippen LogP contribution is -2.39. The van der Waals surface area contributed by atoms with Crippen LogP contribution in [0, 0.1) is 0 Å². The summed E-state index contributed by atoms with van der Waals surface area (Å²) in [6, 6.07) is 3.71. The summed E-state index contributed by atoms with van der Waals surface area (Å²) in [5.41, 5.74) is 3.05. The summed E-state index contributed by atoms with van der Waals surface area (Å²) in [7, 11) is 1.91. The minimum Gasteiger partial charge on any atom is -0.480 e. The van der Waals surface area contributed by atoms with Gasteiger partial charge in [0, 0.05) is 25.0 Å². The van der Waals surface area contributed by atoms with Gasteiger partial charge < -0.3 is 20.6 Å². The van der Waals surface area contributed by atoms with Crippen molar-refractivity contribution in [2.24, 2.45) is 0 Å². The molecule has 1 heterocycles. The number of aryl methyl sites for hydroxylation is 2. The Bertz CT molecular complexity index is 605. The second-order valence-electron chi connectivity index (χ2n) is 6.91. The van der Waals surface area contributed by atoms with E-state index in [1.165, 1.54) is 5.56 Å². The smallest absolute Gasteiger partial charge is 0.326 e. The lowest BCUT2D eigenvalue weighted by atomic mass is 10.1. The zero-order valence-corrected chi connectivity index (χ0v) is 19.3. The van der Waals surface area contributed by atoms with Crippen LogP contribution in [-0.2, 0) is 17.6 Å². The van der Waals surface area contributed by atoms with Gasteiger partial charge >= 0.3 is 5.97 Å². The molecule has 1 unspecified atom stereocenters. The average molecular weight is 407 g/mol. The summed E-state index contributed by atoms with van der Waals surface area (Å²) in [6.07, 6.45) is 4.66. The largest absolute Gasteiger partial charge is 0.480 e. The molecular weight excluding hydrogens is 364 g/mol. The Kier molecular flexibility index (Phi) is 14.7. The molecule has 166 valence electrons. The number of carboxylic acid groups (broad SMARTS) is 1. The molecule has 0 amide bonds. The van der Waals surface area contributed by atoms with E-state index in [4.69, 9.17) is 4.98 Å². The van der Waals surface area contributed by atoms with Crippen LogP contribution in [0.4, 0.5) is 5.82 Å². The first-order valence-electron chi connectivity index (χ1n) is 10.9. The molecule has 0 aromatic carbocycles. The van der Waals surface area contributed by atoms with Crippen molar-refractivity contribution in [3.05, 3.63) is 35.7 Å². The van der Waals surface area contributed by atoms with Gasteiger partial charge in [0.05, 0.1) is 0 Å². The summed E-state index contributed by atoms with van der Waals surface area (Å²) >= 11 is 0. The first-order valence-corrected chi connectivity index (χ1v) is 10.9. The molecular formula is C23H42N4O2. The molecule has 0 saturated heterocycles. The van der Waals surface area contributed by atoms with Crippen LogP contribution in [0.1, 0.15) is 65.1 Å². The summed E-state index contributed by atoms with van der Waals surface area (Å²) in [5.74, 6) is 0.158. The van der Waals surface area contributed by atoms with E-state index in [9.17, 15) is 9.90 Å². The number of pyridine rings is 1. The van der Waals surface area contributed by atoms with Gasteiger partial charge in [0.2, 0.25) is 0 Å². The maximum absolute atomic E-state index is 11.3. The van der Waals surface area contributed by atoms with E-state index in [2.05, 4.69) is 48.1 Å². The normalized spacial score (nSPS) is 11.4. The molecule has 0 bridgehead atoms. The highest BCUT2D eigenvalue weighted by molar-refractivity contribution is 5.73. The van der Waals surface area contributed by atoms with Crippen LogP contribution in [0.15, 0.2) is 24.4 Å². The van der Waals surface area contributed by atoms with Crippen molar-refractivity contribution in [3.8, 4) is 0 Å². The van der Waals surface area contributed by atoms with E-state index in [1.54, 1.807) is 6.92 Å². The van der Waals surface area contributed by atoms with Gasteiger partial charge in [-0.25, -0.2) is 9.78 Å². The van der Waals surface area contributed by atoms with Crippen molar-refractivity contribution in [1.82, 2.24) is 15.2 Å². The SMILES string of the molecule is C=C(C)NC(CCN(CC)CCCCc1ccc(CC)c(NC)n1)C(=O)O.CC. The molecule has 0 saturated carbocycles. The third-order valence-corrected chi connectivity index (χ3v) is 4.71. The minimum absolute atomic E-state index is 0.571. The first kappa shape index (κ1) is 26.9. The van der Waals surface area contributed by atoms with Gasteiger partial charge in [-0.1, -0.05) is 40.3 Å². The Morgan fingerprint density at radius 2 is 1.93 bits per heavy atom. The first-order chi connectivity index (χ1) is 13.9. The van der Waals surface area contributed by atoms with Gasteiger partial charge in [0.25, 0.3) is 0 Å². The maximum atomic E-state index is 11.3. The Hall–Kier alpha value is -2.08. The number of aromatic nitrogens is 1. The van der Waals surface area contributed by atoms with Crippen LogP contribution < -0.4 is 10.6 Å². The van der Waals surface area contributed by atoms with E-state index >= 15 is 0 Å². The monoisotopic (exact) mass is 406 g/mol. The van der Waals surface area contributed by atoms with Gasteiger partial charge in [-0.3, -0.25) is 0 Å². The number of hydrogen-bond acceptors (Lipinski definition) is 5. The summed E-state index contributed by atoms with van der Waals surface area (Å²) in [6.45, 7) is 16.4. The third kappa shape index (κ3) is 10.9. The van der Waals surface area contributed by atoms with Crippen LogP contribution in [-0.4, -0.2) is 53.7 Å². The number of nitrogens with one attached hydrogen (secondary N) is 2. The number of allylic oxidation sites excluding steroid dienone is 1. The van der Waals surface area contributed by atoms with E-state index in [0.717, 1.165) is 56.8 Å². The Labute approximate surface area is 177 Å².